The Morgan fingerprint density at radius 2 is 1.81 bits per heavy atom. The molecule has 0 aliphatic heterocycles. The van der Waals surface area contributed by atoms with E-state index < -0.39 is 0 Å². The third-order valence-corrected chi connectivity index (χ3v) is 6.93. The molecule has 184 valence electrons. The van der Waals surface area contributed by atoms with Crippen LogP contribution in [-0.2, 0) is 0 Å². The Bertz CT molecular complexity index is 1520. The van der Waals surface area contributed by atoms with Crippen LogP contribution < -0.4 is 11.1 Å². The van der Waals surface area contributed by atoms with Crippen LogP contribution in [0.3, 0.4) is 0 Å². The highest BCUT2D eigenvalue weighted by atomic mass is 16.1. The largest absolute Gasteiger partial charge is 0.384 e. The lowest BCUT2D eigenvalue weighted by Gasteiger charge is -2.23. The topological polar surface area (TPSA) is 112 Å². The first kappa shape index (κ1) is 23.6. The maximum atomic E-state index is 13.2. The Balaban J connectivity index is 1.38. The minimum Gasteiger partial charge on any atom is -0.384 e. The average molecular weight is 481 g/mol. The van der Waals surface area contributed by atoms with Crippen LogP contribution in [0.15, 0.2) is 60.7 Å². The number of imidazole rings is 1. The quantitative estimate of drug-likeness (QED) is 0.215. The number of anilines is 1. The second-order valence-corrected chi connectivity index (χ2v) is 9.43. The molecule has 3 heterocycles. The number of nitrogens with one attached hydrogen (secondary N) is 3. The second kappa shape index (κ2) is 9.85. The molecule has 7 heteroatoms. The molecule has 1 amide bonds. The molecule has 5 aromatic rings. The zero-order valence-electron chi connectivity index (χ0n) is 20.9. The van der Waals surface area contributed by atoms with Gasteiger partial charge in [0.1, 0.15) is 11.6 Å². The highest BCUT2D eigenvalue weighted by Gasteiger charge is 2.19. The number of nitrogens with two attached hydrogens (primary N) is 1. The molecule has 5 rings (SSSR count). The van der Waals surface area contributed by atoms with E-state index in [4.69, 9.17) is 5.73 Å². The molecule has 0 saturated carbocycles. The minimum atomic E-state index is -0.0471. The number of nitrogens with zero attached hydrogens (tertiary/aromatic N) is 2. The predicted octanol–water partition coefficient (Wildman–Crippen LogP) is 6.09. The van der Waals surface area contributed by atoms with Crippen LogP contribution >= 0.6 is 0 Å². The average Bonchev–Trinajstić information content (AvgIpc) is 3.48. The van der Waals surface area contributed by atoms with Crippen LogP contribution in [0.2, 0.25) is 0 Å². The summed E-state index contributed by atoms with van der Waals surface area (Å²) in [5.74, 6) is 1.56. The molecule has 3 aromatic heterocycles. The van der Waals surface area contributed by atoms with Gasteiger partial charge in [-0.15, -0.1) is 0 Å². The molecule has 2 aromatic carbocycles. The number of amides is 1. The highest BCUT2D eigenvalue weighted by molar-refractivity contribution is 6.00. The number of aromatic amines is 2. The first-order valence-electron chi connectivity index (χ1n) is 12.6. The van der Waals surface area contributed by atoms with Crippen LogP contribution in [0.5, 0.6) is 0 Å². The fraction of sp³-hybridized carbons (Fsp3) is 0.276. The molecular weight excluding hydrogens is 448 g/mol. The number of nitrogen functional groups attached to an aromatic ring is 1. The van der Waals surface area contributed by atoms with Crippen molar-refractivity contribution in [3.63, 3.8) is 0 Å². The molecule has 0 radical (unpaired) electrons. The normalized spacial score (nSPS) is 13.2. The molecule has 7 nitrogen and oxygen atoms in total. The van der Waals surface area contributed by atoms with E-state index in [0.29, 0.717) is 22.9 Å². The third-order valence-electron chi connectivity index (χ3n) is 6.93. The van der Waals surface area contributed by atoms with Gasteiger partial charge in [-0.25, -0.2) is 9.97 Å². The lowest BCUT2D eigenvalue weighted by Crippen LogP contribution is -2.35. The number of carbonyl (C=O) groups is 1. The molecule has 2 atom stereocenters. The number of benzene rings is 2. The van der Waals surface area contributed by atoms with E-state index in [1.807, 2.05) is 43.3 Å². The number of hydrogen-bond donors (Lipinski definition) is 4. The number of H-pyrrole nitrogens is 2. The summed E-state index contributed by atoms with van der Waals surface area (Å²) in [5.41, 5.74) is 12.2. The van der Waals surface area contributed by atoms with Gasteiger partial charge in [0.05, 0.1) is 5.52 Å². The Morgan fingerprint density at radius 1 is 1.00 bits per heavy atom. The maximum Gasteiger partial charge on any atom is 0.251 e. The van der Waals surface area contributed by atoms with Gasteiger partial charge in [-0.3, -0.25) is 4.79 Å². The molecule has 2 unspecified atom stereocenters. The molecular formula is C29H32N6O. The summed E-state index contributed by atoms with van der Waals surface area (Å²) in [6.07, 6.45) is 2.84. The van der Waals surface area contributed by atoms with Crippen LogP contribution in [0, 0.1) is 6.92 Å². The van der Waals surface area contributed by atoms with E-state index in [9.17, 15) is 4.79 Å². The lowest BCUT2D eigenvalue weighted by molar-refractivity contribution is 0.0932. The zero-order chi connectivity index (χ0) is 25.2. The van der Waals surface area contributed by atoms with Gasteiger partial charge < -0.3 is 21.0 Å². The van der Waals surface area contributed by atoms with E-state index in [1.165, 1.54) is 5.56 Å². The Kier molecular flexibility index (Phi) is 6.46. The molecule has 0 saturated heterocycles. The van der Waals surface area contributed by atoms with Gasteiger partial charge in [0.15, 0.2) is 5.65 Å². The van der Waals surface area contributed by atoms with E-state index in [-0.39, 0.29) is 11.9 Å². The molecule has 5 N–H and O–H groups in total. The van der Waals surface area contributed by atoms with Gasteiger partial charge in [-0.2, -0.15) is 0 Å². The first-order chi connectivity index (χ1) is 17.4. The predicted molar refractivity (Wildman–Crippen MR) is 146 cm³/mol. The van der Waals surface area contributed by atoms with Gasteiger partial charge in [0.25, 0.3) is 5.91 Å². The molecule has 0 fully saturated rings. The van der Waals surface area contributed by atoms with Gasteiger partial charge in [-0.05, 0) is 68.0 Å². The first-order valence-corrected chi connectivity index (χ1v) is 12.6. The number of fused-ring (bicyclic) bond motifs is 2. The van der Waals surface area contributed by atoms with Crippen molar-refractivity contribution in [2.24, 2.45) is 0 Å². The van der Waals surface area contributed by atoms with E-state index >= 15 is 0 Å². The van der Waals surface area contributed by atoms with Crippen molar-refractivity contribution < 1.29 is 4.79 Å². The number of aryl methyl sites for hydroxylation is 1. The summed E-state index contributed by atoms with van der Waals surface area (Å²) in [5, 5.41) is 4.23. The smallest absolute Gasteiger partial charge is 0.251 e. The molecule has 0 bridgehead atoms. The number of aromatic nitrogens is 4. The van der Waals surface area contributed by atoms with Crippen molar-refractivity contribution >= 4 is 33.8 Å². The van der Waals surface area contributed by atoms with Gasteiger partial charge in [0.2, 0.25) is 0 Å². The Morgan fingerprint density at radius 3 is 2.56 bits per heavy atom. The van der Waals surface area contributed by atoms with E-state index in [2.05, 4.69) is 63.4 Å². The second-order valence-electron chi connectivity index (χ2n) is 9.43. The summed E-state index contributed by atoms with van der Waals surface area (Å²) in [4.78, 5) is 28.7. The highest BCUT2D eigenvalue weighted by Crippen LogP contribution is 2.31. The molecule has 0 aliphatic carbocycles. The standard InChI is InChI=1S/C29H32N6O/c1-4-18(19-9-7-6-8-10-19)14-22(5-2)33-29(36)20-11-12-24-21(13-20)15-25(34-24)23-16-26(30)35-28-27(23)31-17(3)32-28/h6-13,15-16,18,22,34H,4-5,14H2,1-3H3,(H,33,36)(H3,30,31,32,35). The van der Waals surface area contributed by atoms with E-state index in [0.717, 1.165) is 52.8 Å². The van der Waals surface area contributed by atoms with Gasteiger partial charge >= 0.3 is 0 Å². The van der Waals surface area contributed by atoms with Crippen LogP contribution in [-0.4, -0.2) is 31.9 Å². The third kappa shape index (κ3) is 4.69. The molecule has 36 heavy (non-hydrogen) atoms. The van der Waals surface area contributed by atoms with E-state index in [1.54, 1.807) is 0 Å². The molecule has 0 spiro atoms. The summed E-state index contributed by atoms with van der Waals surface area (Å²) < 4.78 is 0. The number of hydrogen-bond acceptors (Lipinski definition) is 4. The van der Waals surface area contributed by atoms with Crippen LogP contribution in [0.1, 0.15) is 60.8 Å². The fourth-order valence-corrected chi connectivity index (χ4v) is 4.96. The summed E-state index contributed by atoms with van der Waals surface area (Å²) in [6.45, 7) is 6.23. The summed E-state index contributed by atoms with van der Waals surface area (Å²) >= 11 is 0. The number of carbonyl (C=O) groups excluding carboxylic acids is 1. The summed E-state index contributed by atoms with van der Waals surface area (Å²) in [7, 11) is 0. The minimum absolute atomic E-state index is 0.0471. The maximum absolute atomic E-state index is 13.2. The zero-order valence-corrected chi connectivity index (χ0v) is 20.9. The molecule has 0 aliphatic rings. The number of pyridine rings is 1. The monoisotopic (exact) mass is 480 g/mol. The van der Waals surface area contributed by atoms with Crippen molar-refractivity contribution in [2.45, 2.75) is 52.0 Å². The van der Waals surface area contributed by atoms with Crippen molar-refractivity contribution in [2.75, 3.05) is 5.73 Å². The van der Waals surface area contributed by atoms with Crippen molar-refractivity contribution in [3.05, 3.63) is 77.6 Å². The van der Waals surface area contributed by atoms with Crippen molar-refractivity contribution in [1.82, 2.24) is 25.3 Å². The lowest BCUT2D eigenvalue weighted by atomic mass is 9.89. The van der Waals surface area contributed by atoms with Crippen LogP contribution in [0.25, 0.3) is 33.3 Å². The van der Waals surface area contributed by atoms with Crippen LogP contribution in [0.4, 0.5) is 5.82 Å². The van der Waals surface area contributed by atoms with Gasteiger partial charge in [-0.1, -0.05) is 44.2 Å². The summed E-state index contributed by atoms with van der Waals surface area (Å²) in [6, 6.07) is 20.3. The van der Waals surface area contributed by atoms with Crippen molar-refractivity contribution in [3.8, 4) is 11.3 Å². The Hall–Kier alpha value is -4.13. The van der Waals surface area contributed by atoms with Gasteiger partial charge in [0, 0.05) is 33.8 Å². The number of rotatable bonds is 8. The SMILES string of the molecule is CCC(CC(CC)c1ccccc1)NC(=O)c1ccc2[nH]c(-c3cc(N)nc4nc(C)[nH]c34)cc2c1. The fourth-order valence-electron chi connectivity index (χ4n) is 4.96. The van der Waals surface area contributed by atoms with Crippen molar-refractivity contribution in [1.29, 1.82) is 0 Å². The Labute approximate surface area is 210 Å².